The summed E-state index contributed by atoms with van der Waals surface area (Å²) in [4.78, 5) is 12.5. The van der Waals surface area contributed by atoms with Crippen molar-refractivity contribution < 1.29 is 17.9 Å². The highest BCUT2D eigenvalue weighted by molar-refractivity contribution is 7.92. The van der Waals surface area contributed by atoms with E-state index in [1.807, 2.05) is 0 Å². The van der Waals surface area contributed by atoms with Crippen LogP contribution in [0.2, 0.25) is 10.0 Å². The van der Waals surface area contributed by atoms with E-state index in [9.17, 15) is 13.2 Å². The molecule has 0 aliphatic rings. The number of ether oxygens (including phenoxy) is 1. The standard InChI is InChI=1S/C21H18Cl2N2O4S/c1-14(29-20-12-7-15(22)13-19(20)23)21(26)24-16-8-10-18(11-9-16)30(27,28)25-17-5-3-2-4-6-17/h2-14,25H,1H3,(H,24,26). The fraction of sp³-hybridized carbons (Fsp3) is 0.0952. The summed E-state index contributed by atoms with van der Waals surface area (Å²) in [5, 5.41) is 3.43. The molecule has 3 rings (SSSR count). The second-order valence-electron chi connectivity index (χ2n) is 6.32. The minimum absolute atomic E-state index is 0.0709. The van der Waals surface area contributed by atoms with E-state index >= 15 is 0 Å². The van der Waals surface area contributed by atoms with Crippen molar-refractivity contribution in [2.24, 2.45) is 0 Å². The lowest BCUT2D eigenvalue weighted by molar-refractivity contribution is -0.122. The predicted octanol–water partition coefficient (Wildman–Crippen LogP) is 5.20. The van der Waals surface area contributed by atoms with Crippen LogP contribution in [0.4, 0.5) is 11.4 Å². The van der Waals surface area contributed by atoms with Crippen LogP contribution in [0.1, 0.15) is 6.92 Å². The Morgan fingerprint density at radius 1 is 0.933 bits per heavy atom. The van der Waals surface area contributed by atoms with Crippen molar-refractivity contribution in [3.8, 4) is 5.75 Å². The number of carbonyl (C=O) groups excluding carboxylic acids is 1. The van der Waals surface area contributed by atoms with Gasteiger partial charge < -0.3 is 10.1 Å². The Kier molecular flexibility index (Phi) is 6.87. The van der Waals surface area contributed by atoms with E-state index in [1.54, 1.807) is 49.4 Å². The number of carbonyl (C=O) groups is 1. The van der Waals surface area contributed by atoms with Gasteiger partial charge in [0.15, 0.2) is 6.10 Å². The monoisotopic (exact) mass is 464 g/mol. The topological polar surface area (TPSA) is 84.5 Å². The number of benzene rings is 3. The Balaban J connectivity index is 1.64. The zero-order chi connectivity index (χ0) is 21.7. The summed E-state index contributed by atoms with van der Waals surface area (Å²) in [7, 11) is -3.74. The maximum Gasteiger partial charge on any atom is 0.265 e. The maximum atomic E-state index is 12.5. The molecule has 30 heavy (non-hydrogen) atoms. The lowest BCUT2D eigenvalue weighted by Gasteiger charge is -2.16. The number of sulfonamides is 1. The van der Waals surface area contributed by atoms with Crippen LogP contribution in [-0.2, 0) is 14.8 Å². The number of hydrogen-bond acceptors (Lipinski definition) is 4. The molecule has 0 aromatic heterocycles. The van der Waals surface area contributed by atoms with Gasteiger partial charge in [-0.1, -0.05) is 41.4 Å². The molecule has 0 saturated carbocycles. The number of halogens is 2. The van der Waals surface area contributed by atoms with Gasteiger partial charge in [0.05, 0.1) is 9.92 Å². The van der Waals surface area contributed by atoms with Gasteiger partial charge in [-0.2, -0.15) is 0 Å². The maximum absolute atomic E-state index is 12.5. The van der Waals surface area contributed by atoms with Gasteiger partial charge in [-0.05, 0) is 61.5 Å². The molecule has 0 fully saturated rings. The molecule has 9 heteroatoms. The zero-order valence-corrected chi connectivity index (χ0v) is 18.1. The van der Waals surface area contributed by atoms with E-state index in [1.165, 1.54) is 30.3 Å². The normalized spacial score (nSPS) is 12.1. The first kappa shape index (κ1) is 22.0. The average molecular weight is 465 g/mol. The number of amides is 1. The lowest BCUT2D eigenvalue weighted by Crippen LogP contribution is -2.30. The first-order chi connectivity index (χ1) is 14.2. The quantitative estimate of drug-likeness (QED) is 0.503. The van der Waals surface area contributed by atoms with Crippen LogP contribution in [0.5, 0.6) is 5.75 Å². The molecular formula is C21H18Cl2N2O4S. The molecule has 3 aromatic carbocycles. The zero-order valence-electron chi connectivity index (χ0n) is 15.8. The largest absolute Gasteiger partial charge is 0.479 e. The Bertz CT molecular complexity index is 1140. The van der Waals surface area contributed by atoms with Gasteiger partial charge in [-0.3, -0.25) is 9.52 Å². The number of para-hydroxylation sites is 1. The van der Waals surface area contributed by atoms with E-state index in [0.29, 0.717) is 27.2 Å². The Morgan fingerprint density at radius 2 is 1.60 bits per heavy atom. The molecule has 1 amide bonds. The third-order valence-electron chi connectivity index (χ3n) is 4.03. The molecule has 2 N–H and O–H groups in total. The van der Waals surface area contributed by atoms with Crippen LogP contribution >= 0.6 is 23.2 Å². The molecule has 0 heterocycles. The molecule has 1 unspecified atom stereocenters. The van der Waals surface area contributed by atoms with Gasteiger partial charge in [0.1, 0.15) is 5.75 Å². The number of rotatable bonds is 7. The molecule has 6 nitrogen and oxygen atoms in total. The summed E-state index contributed by atoms with van der Waals surface area (Å²) in [6.45, 7) is 1.57. The van der Waals surface area contributed by atoms with Crippen molar-refractivity contribution in [3.63, 3.8) is 0 Å². The Morgan fingerprint density at radius 3 is 2.23 bits per heavy atom. The highest BCUT2D eigenvalue weighted by Crippen LogP contribution is 2.28. The van der Waals surface area contributed by atoms with E-state index in [2.05, 4.69) is 10.0 Å². The van der Waals surface area contributed by atoms with Gasteiger partial charge in [-0.25, -0.2) is 8.42 Å². The number of nitrogens with one attached hydrogen (secondary N) is 2. The van der Waals surface area contributed by atoms with Gasteiger partial charge in [0, 0.05) is 16.4 Å². The van der Waals surface area contributed by atoms with Crippen LogP contribution in [-0.4, -0.2) is 20.4 Å². The summed E-state index contributed by atoms with van der Waals surface area (Å²) in [5.74, 6) is -0.0869. The smallest absolute Gasteiger partial charge is 0.265 e. The van der Waals surface area contributed by atoms with Gasteiger partial charge >= 0.3 is 0 Å². The Labute approximate surface area is 184 Å². The van der Waals surface area contributed by atoms with Crippen molar-refractivity contribution in [1.82, 2.24) is 0 Å². The summed E-state index contributed by atoms with van der Waals surface area (Å²) < 4.78 is 33.0. The summed E-state index contributed by atoms with van der Waals surface area (Å²) >= 11 is 11.9. The van der Waals surface area contributed by atoms with E-state index in [0.717, 1.165) is 0 Å². The van der Waals surface area contributed by atoms with Crippen molar-refractivity contribution in [1.29, 1.82) is 0 Å². The van der Waals surface area contributed by atoms with Crippen LogP contribution < -0.4 is 14.8 Å². The van der Waals surface area contributed by atoms with E-state index < -0.39 is 22.0 Å². The van der Waals surface area contributed by atoms with Crippen LogP contribution in [0, 0.1) is 0 Å². The van der Waals surface area contributed by atoms with Gasteiger partial charge in [-0.15, -0.1) is 0 Å². The SMILES string of the molecule is CC(Oc1ccc(Cl)cc1Cl)C(=O)Nc1ccc(S(=O)(=O)Nc2ccccc2)cc1. The third-order valence-corrected chi connectivity index (χ3v) is 5.95. The van der Waals surface area contributed by atoms with Gasteiger partial charge in [0.25, 0.3) is 15.9 Å². The van der Waals surface area contributed by atoms with Gasteiger partial charge in [0.2, 0.25) is 0 Å². The highest BCUT2D eigenvalue weighted by atomic mass is 35.5. The molecule has 1 atom stereocenters. The molecule has 156 valence electrons. The minimum Gasteiger partial charge on any atom is -0.479 e. The first-order valence-electron chi connectivity index (χ1n) is 8.85. The van der Waals surface area contributed by atoms with Crippen molar-refractivity contribution in [2.45, 2.75) is 17.9 Å². The summed E-state index contributed by atoms with van der Waals surface area (Å²) in [6.07, 6.45) is -0.841. The van der Waals surface area contributed by atoms with Crippen LogP contribution in [0.15, 0.2) is 77.7 Å². The third kappa shape index (κ3) is 5.66. The fourth-order valence-corrected chi connectivity index (χ4v) is 4.01. The van der Waals surface area contributed by atoms with E-state index in [-0.39, 0.29) is 4.90 Å². The first-order valence-corrected chi connectivity index (χ1v) is 11.1. The highest BCUT2D eigenvalue weighted by Gasteiger charge is 2.18. The van der Waals surface area contributed by atoms with Crippen LogP contribution in [0.3, 0.4) is 0 Å². The van der Waals surface area contributed by atoms with Crippen molar-refractivity contribution >= 4 is 50.5 Å². The summed E-state index contributed by atoms with van der Waals surface area (Å²) in [5.41, 5.74) is 0.887. The number of hydrogen-bond donors (Lipinski definition) is 2. The minimum atomic E-state index is -3.74. The van der Waals surface area contributed by atoms with Crippen molar-refractivity contribution in [3.05, 3.63) is 82.8 Å². The van der Waals surface area contributed by atoms with E-state index in [4.69, 9.17) is 27.9 Å². The molecule has 0 aliphatic heterocycles. The lowest BCUT2D eigenvalue weighted by atomic mass is 10.3. The molecular weight excluding hydrogens is 447 g/mol. The Hall–Kier alpha value is -2.74. The molecule has 0 bridgehead atoms. The number of anilines is 2. The molecule has 0 spiro atoms. The average Bonchev–Trinajstić information content (AvgIpc) is 2.71. The second-order valence-corrected chi connectivity index (χ2v) is 8.85. The molecule has 0 radical (unpaired) electrons. The second kappa shape index (κ2) is 9.38. The molecule has 3 aromatic rings. The molecule has 0 saturated heterocycles. The summed E-state index contributed by atoms with van der Waals surface area (Å²) in [6, 6.07) is 19.1. The molecule has 0 aliphatic carbocycles. The fourth-order valence-electron chi connectivity index (χ4n) is 2.50. The predicted molar refractivity (Wildman–Crippen MR) is 119 cm³/mol. The van der Waals surface area contributed by atoms with Crippen molar-refractivity contribution in [2.75, 3.05) is 10.0 Å². The van der Waals surface area contributed by atoms with Crippen LogP contribution in [0.25, 0.3) is 0 Å².